The molecule has 0 aromatic heterocycles. The predicted octanol–water partition coefficient (Wildman–Crippen LogP) is 5.50. The van der Waals surface area contributed by atoms with E-state index in [9.17, 15) is 15.0 Å². The van der Waals surface area contributed by atoms with Crippen LogP contribution in [0.2, 0.25) is 0 Å². The van der Waals surface area contributed by atoms with E-state index in [-0.39, 0.29) is 23.9 Å². The standard InChI is InChI=1S/C25H42O4/c1-3-4-5-6-7-8-16-22(26)17-11-9-14-21-15-10-12-18-23(21)24(27)19-13-20-25(28)29-2/h9-12,14,17,21-24,26-27H,3-8,13,15-16,18-20H2,1-2H3/b14-9+,17-11+/t21-,22?,23-,24?/m1/s1. The van der Waals surface area contributed by atoms with E-state index in [1.807, 2.05) is 18.2 Å². The molecule has 0 saturated heterocycles. The number of ether oxygens (including phenoxy) is 1. The molecule has 4 heteroatoms. The van der Waals surface area contributed by atoms with Gasteiger partial charge in [0.2, 0.25) is 0 Å². The fourth-order valence-corrected chi connectivity index (χ4v) is 3.92. The average molecular weight is 407 g/mol. The monoisotopic (exact) mass is 406 g/mol. The van der Waals surface area contributed by atoms with Crippen LogP contribution in [-0.2, 0) is 9.53 Å². The normalized spacial score (nSPS) is 21.7. The number of hydrogen-bond acceptors (Lipinski definition) is 4. The Labute approximate surface area is 177 Å². The SMILES string of the molecule is CCCCCCCCC(O)/C=C/C=C/[C@@H]1CC=CC[C@H]1C(O)CCCC(=O)OC. The number of unbranched alkanes of at least 4 members (excludes halogenated alkanes) is 5. The van der Waals surface area contributed by atoms with Gasteiger partial charge in [-0.15, -0.1) is 0 Å². The van der Waals surface area contributed by atoms with Gasteiger partial charge in [-0.1, -0.05) is 81.9 Å². The van der Waals surface area contributed by atoms with Crippen molar-refractivity contribution in [3.8, 4) is 0 Å². The lowest BCUT2D eigenvalue weighted by atomic mass is 9.78. The molecule has 0 saturated carbocycles. The Morgan fingerprint density at radius 2 is 1.76 bits per heavy atom. The molecule has 4 atom stereocenters. The number of hydrogen-bond donors (Lipinski definition) is 2. The van der Waals surface area contributed by atoms with E-state index in [0.29, 0.717) is 19.3 Å². The van der Waals surface area contributed by atoms with E-state index in [1.165, 1.54) is 39.2 Å². The number of carbonyl (C=O) groups is 1. The molecule has 0 aromatic rings. The van der Waals surface area contributed by atoms with E-state index in [0.717, 1.165) is 25.7 Å². The van der Waals surface area contributed by atoms with E-state index < -0.39 is 6.10 Å². The summed E-state index contributed by atoms with van der Waals surface area (Å²) in [7, 11) is 1.39. The zero-order chi connectivity index (χ0) is 21.3. The quantitative estimate of drug-likeness (QED) is 0.163. The summed E-state index contributed by atoms with van der Waals surface area (Å²) >= 11 is 0. The molecule has 0 aliphatic heterocycles. The molecule has 0 heterocycles. The summed E-state index contributed by atoms with van der Waals surface area (Å²) in [4.78, 5) is 11.2. The Kier molecular flexibility index (Phi) is 14.5. The van der Waals surface area contributed by atoms with Gasteiger partial charge in [0.1, 0.15) is 0 Å². The molecule has 2 unspecified atom stereocenters. The summed E-state index contributed by atoms with van der Waals surface area (Å²) < 4.78 is 4.66. The van der Waals surface area contributed by atoms with Gasteiger partial charge in [0.05, 0.1) is 19.3 Å². The van der Waals surface area contributed by atoms with Gasteiger partial charge >= 0.3 is 5.97 Å². The summed E-state index contributed by atoms with van der Waals surface area (Å²) in [6, 6.07) is 0. The lowest BCUT2D eigenvalue weighted by Crippen LogP contribution is -2.28. The first-order valence-electron chi connectivity index (χ1n) is 11.5. The Morgan fingerprint density at radius 1 is 1.03 bits per heavy atom. The second-order valence-electron chi connectivity index (χ2n) is 8.20. The molecular weight excluding hydrogens is 364 g/mol. The van der Waals surface area contributed by atoms with Crippen molar-refractivity contribution in [3.05, 3.63) is 36.5 Å². The Morgan fingerprint density at radius 3 is 2.52 bits per heavy atom. The van der Waals surface area contributed by atoms with Crippen molar-refractivity contribution in [2.75, 3.05) is 7.11 Å². The highest BCUT2D eigenvalue weighted by molar-refractivity contribution is 5.68. The zero-order valence-electron chi connectivity index (χ0n) is 18.5. The van der Waals surface area contributed by atoms with Gasteiger partial charge in [0.15, 0.2) is 0 Å². The number of carbonyl (C=O) groups excluding carboxylic acids is 1. The number of aliphatic hydroxyl groups excluding tert-OH is 2. The van der Waals surface area contributed by atoms with E-state index >= 15 is 0 Å². The van der Waals surface area contributed by atoms with Gasteiger partial charge in [0.25, 0.3) is 0 Å². The molecule has 0 radical (unpaired) electrons. The molecule has 0 spiro atoms. The molecule has 0 amide bonds. The van der Waals surface area contributed by atoms with Crippen LogP contribution < -0.4 is 0 Å². The largest absolute Gasteiger partial charge is 0.469 e. The molecule has 4 nitrogen and oxygen atoms in total. The Hall–Kier alpha value is -1.39. The van der Waals surface area contributed by atoms with Crippen LogP contribution in [0.1, 0.15) is 84.0 Å². The smallest absolute Gasteiger partial charge is 0.305 e. The van der Waals surface area contributed by atoms with Gasteiger partial charge in [-0.2, -0.15) is 0 Å². The molecule has 1 rings (SSSR count). The van der Waals surface area contributed by atoms with Crippen LogP contribution in [0.15, 0.2) is 36.5 Å². The highest BCUT2D eigenvalue weighted by Crippen LogP contribution is 2.31. The van der Waals surface area contributed by atoms with Crippen molar-refractivity contribution < 1.29 is 19.7 Å². The second-order valence-corrected chi connectivity index (χ2v) is 8.20. The zero-order valence-corrected chi connectivity index (χ0v) is 18.5. The Bertz CT molecular complexity index is 509. The van der Waals surface area contributed by atoms with Crippen LogP contribution in [0.4, 0.5) is 0 Å². The van der Waals surface area contributed by atoms with Crippen LogP contribution in [0.5, 0.6) is 0 Å². The fraction of sp³-hybridized carbons (Fsp3) is 0.720. The number of rotatable bonds is 15. The number of allylic oxidation sites excluding steroid dienone is 5. The maximum absolute atomic E-state index is 11.2. The van der Waals surface area contributed by atoms with E-state index in [1.54, 1.807) is 0 Å². The second kappa shape index (κ2) is 16.4. The lowest BCUT2D eigenvalue weighted by Gasteiger charge is -2.30. The summed E-state index contributed by atoms with van der Waals surface area (Å²) in [5.41, 5.74) is 0. The van der Waals surface area contributed by atoms with Gasteiger partial charge in [-0.25, -0.2) is 0 Å². The van der Waals surface area contributed by atoms with E-state index in [2.05, 4.69) is 29.9 Å². The van der Waals surface area contributed by atoms with Crippen LogP contribution in [0, 0.1) is 11.8 Å². The maximum atomic E-state index is 11.2. The van der Waals surface area contributed by atoms with Crippen LogP contribution in [0.25, 0.3) is 0 Å². The summed E-state index contributed by atoms with van der Waals surface area (Å²) in [5.74, 6) is 0.241. The summed E-state index contributed by atoms with van der Waals surface area (Å²) in [6.07, 6.45) is 23.1. The minimum atomic E-state index is -0.415. The summed E-state index contributed by atoms with van der Waals surface area (Å²) in [5, 5.41) is 20.7. The molecule has 0 aromatic carbocycles. The number of aliphatic hydroxyl groups is 2. The topological polar surface area (TPSA) is 66.8 Å². The number of esters is 1. The van der Waals surface area contributed by atoms with Gasteiger partial charge in [-0.05, 0) is 43.9 Å². The van der Waals surface area contributed by atoms with Crippen molar-refractivity contribution in [3.63, 3.8) is 0 Å². The van der Waals surface area contributed by atoms with Crippen LogP contribution >= 0.6 is 0 Å². The molecule has 1 aliphatic rings. The van der Waals surface area contributed by atoms with Crippen LogP contribution in [0.3, 0.4) is 0 Å². The predicted molar refractivity (Wildman–Crippen MR) is 120 cm³/mol. The molecule has 2 N–H and O–H groups in total. The van der Waals surface area contributed by atoms with Gasteiger partial charge in [0, 0.05) is 6.42 Å². The molecule has 1 aliphatic carbocycles. The van der Waals surface area contributed by atoms with Crippen LogP contribution in [-0.4, -0.2) is 35.5 Å². The minimum absolute atomic E-state index is 0.176. The third-order valence-corrected chi connectivity index (χ3v) is 5.79. The van der Waals surface area contributed by atoms with Crippen molar-refractivity contribution in [1.29, 1.82) is 0 Å². The van der Waals surface area contributed by atoms with E-state index in [4.69, 9.17) is 0 Å². The molecular formula is C25H42O4. The first-order valence-corrected chi connectivity index (χ1v) is 11.5. The lowest BCUT2D eigenvalue weighted by molar-refractivity contribution is -0.140. The average Bonchev–Trinajstić information content (AvgIpc) is 2.73. The minimum Gasteiger partial charge on any atom is -0.469 e. The van der Waals surface area contributed by atoms with Gasteiger partial charge < -0.3 is 14.9 Å². The highest BCUT2D eigenvalue weighted by Gasteiger charge is 2.26. The first kappa shape index (κ1) is 25.6. The first-order chi connectivity index (χ1) is 14.1. The Balaban J connectivity index is 2.34. The third-order valence-electron chi connectivity index (χ3n) is 5.79. The third kappa shape index (κ3) is 12.0. The molecule has 166 valence electrons. The molecule has 0 bridgehead atoms. The maximum Gasteiger partial charge on any atom is 0.305 e. The molecule has 29 heavy (non-hydrogen) atoms. The van der Waals surface area contributed by atoms with Crippen molar-refractivity contribution in [2.45, 2.75) is 96.2 Å². The molecule has 0 fully saturated rings. The van der Waals surface area contributed by atoms with Crippen molar-refractivity contribution in [1.82, 2.24) is 0 Å². The van der Waals surface area contributed by atoms with Crippen molar-refractivity contribution >= 4 is 5.97 Å². The fourth-order valence-electron chi connectivity index (χ4n) is 3.92. The van der Waals surface area contributed by atoms with Crippen molar-refractivity contribution in [2.24, 2.45) is 11.8 Å². The number of methoxy groups -OCH3 is 1. The summed E-state index contributed by atoms with van der Waals surface area (Å²) in [6.45, 7) is 2.22. The van der Waals surface area contributed by atoms with Gasteiger partial charge in [-0.3, -0.25) is 4.79 Å². The highest BCUT2D eigenvalue weighted by atomic mass is 16.5.